The number of rotatable bonds is 9. The molecule has 4 heteroatoms. The number of unbranched alkanes of at least 4 members (excludes halogenated alkanes) is 2. The first-order valence-corrected chi connectivity index (χ1v) is 6.64. The molecule has 0 aliphatic rings. The number of hydrogen-bond acceptors (Lipinski definition) is 3. The molecule has 0 saturated carbocycles. The standard InChI is InChI=1S/C15H22O4/c1-19-14-8-5-6-12(11-14)10-13(15(17)18)7-3-2-4-9-16/h5-6,8,11,13,16H,2-4,7,9-10H2,1H3,(H,17,18). The Morgan fingerprint density at radius 2 is 2.11 bits per heavy atom. The molecule has 0 aliphatic heterocycles. The van der Waals surface area contributed by atoms with E-state index in [1.165, 1.54) is 0 Å². The van der Waals surface area contributed by atoms with Crippen LogP contribution in [0.1, 0.15) is 31.2 Å². The second-order valence-electron chi connectivity index (χ2n) is 4.66. The van der Waals surface area contributed by atoms with Crippen LogP contribution in [0.25, 0.3) is 0 Å². The first kappa shape index (κ1) is 15.5. The highest BCUT2D eigenvalue weighted by Crippen LogP contribution is 2.19. The molecule has 0 amide bonds. The van der Waals surface area contributed by atoms with Crippen molar-refractivity contribution in [3.05, 3.63) is 29.8 Å². The van der Waals surface area contributed by atoms with Crippen LogP contribution >= 0.6 is 0 Å². The number of aliphatic hydroxyl groups excluding tert-OH is 1. The van der Waals surface area contributed by atoms with Crippen molar-refractivity contribution in [3.63, 3.8) is 0 Å². The van der Waals surface area contributed by atoms with Gasteiger partial charge in [0.05, 0.1) is 13.0 Å². The summed E-state index contributed by atoms with van der Waals surface area (Å²) in [7, 11) is 1.60. The van der Waals surface area contributed by atoms with E-state index in [1.807, 2.05) is 24.3 Å². The Balaban J connectivity index is 2.54. The van der Waals surface area contributed by atoms with Crippen molar-refractivity contribution in [1.29, 1.82) is 0 Å². The van der Waals surface area contributed by atoms with Gasteiger partial charge in [0, 0.05) is 6.61 Å². The minimum absolute atomic E-state index is 0.174. The zero-order chi connectivity index (χ0) is 14.1. The van der Waals surface area contributed by atoms with E-state index in [-0.39, 0.29) is 12.5 Å². The zero-order valence-electron chi connectivity index (χ0n) is 11.3. The van der Waals surface area contributed by atoms with Crippen molar-refractivity contribution in [2.75, 3.05) is 13.7 Å². The molecule has 0 radical (unpaired) electrons. The summed E-state index contributed by atoms with van der Waals surface area (Å²) in [6.45, 7) is 0.174. The van der Waals surface area contributed by atoms with Gasteiger partial charge in [0.15, 0.2) is 0 Å². The van der Waals surface area contributed by atoms with E-state index in [1.54, 1.807) is 7.11 Å². The summed E-state index contributed by atoms with van der Waals surface area (Å²) in [5.74, 6) is -0.375. The molecule has 4 nitrogen and oxygen atoms in total. The summed E-state index contributed by atoms with van der Waals surface area (Å²) in [5, 5.41) is 17.9. The van der Waals surface area contributed by atoms with Crippen LogP contribution in [-0.2, 0) is 11.2 Å². The first-order valence-electron chi connectivity index (χ1n) is 6.64. The lowest BCUT2D eigenvalue weighted by Gasteiger charge is -2.12. The summed E-state index contributed by atoms with van der Waals surface area (Å²) in [4.78, 5) is 11.2. The Morgan fingerprint density at radius 1 is 1.32 bits per heavy atom. The van der Waals surface area contributed by atoms with Gasteiger partial charge < -0.3 is 14.9 Å². The number of ether oxygens (including phenoxy) is 1. The third kappa shape index (κ3) is 5.75. The normalized spacial score (nSPS) is 12.1. The zero-order valence-corrected chi connectivity index (χ0v) is 11.3. The second-order valence-corrected chi connectivity index (χ2v) is 4.66. The van der Waals surface area contributed by atoms with Crippen molar-refractivity contribution in [2.45, 2.75) is 32.1 Å². The minimum atomic E-state index is -0.758. The van der Waals surface area contributed by atoms with E-state index in [0.717, 1.165) is 30.6 Å². The van der Waals surface area contributed by atoms with Gasteiger partial charge in [0.2, 0.25) is 0 Å². The molecule has 0 bridgehead atoms. The Bertz CT molecular complexity index is 389. The summed E-state index contributed by atoms with van der Waals surface area (Å²) in [6.07, 6.45) is 3.61. The Morgan fingerprint density at radius 3 is 2.74 bits per heavy atom. The second kappa shape index (κ2) is 8.53. The van der Waals surface area contributed by atoms with Crippen LogP contribution in [0.4, 0.5) is 0 Å². The summed E-state index contributed by atoms with van der Waals surface area (Å²) < 4.78 is 5.13. The fraction of sp³-hybridized carbons (Fsp3) is 0.533. The number of methoxy groups -OCH3 is 1. The van der Waals surface area contributed by atoms with E-state index in [4.69, 9.17) is 9.84 Å². The molecule has 1 unspecified atom stereocenters. The first-order chi connectivity index (χ1) is 9.17. The number of aliphatic hydroxyl groups is 1. The van der Waals surface area contributed by atoms with Crippen molar-refractivity contribution in [3.8, 4) is 5.75 Å². The molecule has 0 saturated heterocycles. The average molecular weight is 266 g/mol. The third-order valence-corrected chi connectivity index (χ3v) is 3.18. The van der Waals surface area contributed by atoms with Crippen LogP contribution in [0.15, 0.2) is 24.3 Å². The topological polar surface area (TPSA) is 66.8 Å². The van der Waals surface area contributed by atoms with E-state index < -0.39 is 5.97 Å². The monoisotopic (exact) mass is 266 g/mol. The number of carboxylic acid groups (broad SMARTS) is 1. The number of hydrogen-bond donors (Lipinski definition) is 2. The maximum absolute atomic E-state index is 11.2. The summed E-state index contributed by atoms with van der Waals surface area (Å²) in [5.41, 5.74) is 0.980. The minimum Gasteiger partial charge on any atom is -0.497 e. The van der Waals surface area contributed by atoms with Crippen molar-refractivity contribution in [1.82, 2.24) is 0 Å². The van der Waals surface area contributed by atoms with E-state index in [2.05, 4.69) is 0 Å². The lowest BCUT2D eigenvalue weighted by Crippen LogP contribution is -2.16. The van der Waals surface area contributed by atoms with Crippen molar-refractivity contribution >= 4 is 5.97 Å². The molecule has 19 heavy (non-hydrogen) atoms. The number of aliphatic carboxylic acids is 1. The molecular formula is C15H22O4. The highest BCUT2D eigenvalue weighted by atomic mass is 16.5. The van der Waals surface area contributed by atoms with Gasteiger partial charge in [0.25, 0.3) is 0 Å². The van der Waals surface area contributed by atoms with E-state index in [9.17, 15) is 9.90 Å². The Kier molecular flexibility index (Phi) is 6.97. The molecule has 106 valence electrons. The Hall–Kier alpha value is -1.55. The highest BCUT2D eigenvalue weighted by Gasteiger charge is 2.17. The maximum Gasteiger partial charge on any atom is 0.306 e. The van der Waals surface area contributed by atoms with Crippen LogP contribution < -0.4 is 4.74 Å². The number of carbonyl (C=O) groups is 1. The highest BCUT2D eigenvalue weighted by molar-refractivity contribution is 5.70. The van der Waals surface area contributed by atoms with Gasteiger partial charge in [-0.1, -0.05) is 25.0 Å². The van der Waals surface area contributed by atoms with Gasteiger partial charge in [-0.25, -0.2) is 0 Å². The fourth-order valence-electron chi connectivity index (χ4n) is 2.08. The number of carboxylic acids is 1. The quantitative estimate of drug-likeness (QED) is 0.674. The van der Waals surface area contributed by atoms with Gasteiger partial charge in [-0.05, 0) is 37.0 Å². The van der Waals surface area contributed by atoms with Crippen LogP contribution in [0.3, 0.4) is 0 Å². The van der Waals surface area contributed by atoms with Crippen LogP contribution in [0, 0.1) is 5.92 Å². The van der Waals surface area contributed by atoms with E-state index in [0.29, 0.717) is 12.8 Å². The lowest BCUT2D eigenvalue weighted by molar-refractivity contribution is -0.142. The third-order valence-electron chi connectivity index (χ3n) is 3.18. The molecule has 0 fully saturated rings. The molecule has 1 atom stereocenters. The SMILES string of the molecule is COc1cccc(CC(CCCCCO)C(=O)O)c1. The molecule has 0 heterocycles. The van der Waals surface area contributed by atoms with Crippen molar-refractivity contribution < 1.29 is 19.7 Å². The number of benzene rings is 1. The van der Waals surface area contributed by atoms with Gasteiger partial charge in [-0.3, -0.25) is 4.79 Å². The molecule has 0 aromatic heterocycles. The fourth-order valence-corrected chi connectivity index (χ4v) is 2.08. The van der Waals surface area contributed by atoms with Gasteiger partial charge in [0.1, 0.15) is 5.75 Å². The smallest absolute Gasteiger partial charge is 0.306 e. The van der Waals surface area contributed by atoms with Gasteiger partial charge in [-0.15, -0.1) is 0 Å². The molecule has 1 aromatic carbocycles. The predicted octanol–water partition coefficient (Wildman–Crippen LogP) is 2.49. The predicted molar refractivity (Wildman–Crippen MR) is 73.4 cm³/mol. The lowest BCUT2D eigenvalue weighted by atomic mass is 9.94. The molecule has 1 rings (SSSR count). The molecule has 2 N–H and O–H groups in total. The maximum atomic E-state index is 11.2. The van der Waals surface area contributed by atoms with E-state index >= 15 is 0 Å². The molecule has 0 spiro atoms. The molecular weight excluding hydrogens is 244 g/mol. The van der Waals surface area contributed by atoms with Crippen LogP contribution in [0.5, 0.6) is 5.75 Å². The van der Waals surface area contributed by atoms with Crippen LogP contribution in [0.2, 0.25) is 0 Å². The van der Waals surface area contributed by atoms with Crippen LogP contribution in [-0.4, -0.2) is 29.9 Å². The Labute approximate surface area is 114 Å². The van der Waals surface area contributed by atoms with Crippen molar-refractivity contribution in [2.24, 2.45) is 5.92 Å². The molecule has 1 aromatic rings. The average Bonchev–Trinajstić information content (AvgIpc) is 2.42. The summed E-state index contributed by atoms with van der Waals surface area (Å²) in [6, 6.07) is 7.52. The largest absolute Gasteiger partial charge is 0.497 e. The molecule has 0 aliphatic carbocycles. The van der Waals surface area contributed by atoms with Gasteiger partial charge >= 0.3 is 5.97 Å². The summed E-state index contributed by atoms with van der Waals surface area (Å²) >= 11 is 0. The van der Waals surface area contributed by atoms with Gasteiger partial charge in [-0.2, -0.15) is 0 Å².